The second kappa shape index (κ2) is 8.16. The lowest BCUT2D eigenvalue weighted by Crippen LogP contribution is -1.89. The van der Waals surface area contributed by atoms with Crippen molar-refractivity contribution < 1.29 is 13.7 Å². The van der Waals surface area contributed by atoms with E-state index in [-0.39, 0.29) is 5.82 Å². The van der Waals surface area contributed by atoms with Crippen molar-refractivity contribution in [1.82, 2.24) is 10.1 Å². The highest BCUT2D eigenvalue weighted by molar-refractivity contribution is 7.99. The molecule has 0 aliphatic rings. The maximum atomic E-state index is 13.6. The van der Waals surface area contributed by atoms with Crippen molar-refractivity contribution in [2.24, 2.45) is 0 Å². The zero-order valence-corrected chi connectivity index (χ0v) is 15.0. The number of nitrogens with zero attached hydrogens (tertiary/aromatic N) is 2. The van der Waals surface area contributed by atoms with E-state index in [0.29, 0.717) is 29.3 Å². The van der Waals surface area contributed by atoms with Gasteiger partial charge in [0.15, 0.2) is 0 Å². The maximum Gasteiger partial charge on any atom is 0.226 e. The molecule has 25 heavy (non-hydrogen) atoms. The van der Waals surface area contributed by atoms with Crippen LogP contribution in [0.2, 0.25) is 0 Å². The summed E-state index contributed by atoms with van der Waals surface area (Å²) < 4.78 is 24.0. The van der Waals surface area contributed by atoms with Gasteiger partial charge in [0.05, 0.1) is 7.11 Å². The van der Waals surface area contributed by atoms with Gasteiger partial charge in [-0.15, -0.1) is 11.8 Å². The van der Waals surface area contributed by atoms with Gasteiger partial charge in [-0.05, 0) is 55.0 Å². The van der Waals surface area contributed by atoms with Crippen LogP contribution in [0, 0.1) is 12.7 Å². The lowest BCUT2D eigenvalue weighted by Gasteiger charge is -2.02. The molecule has 3 rings (SSSR count). The first kappa shape index (κ1) is 17.5. The Bertz CT molecular complexity index is 834. The molecule has 0 fully saturated rings. The first-order valence-electron chi connectivity index (χ1n) is 8.01. The minimum atomic E-state index is -0.264. The van der Waals surface area contributed by atoms with E-state index in [0.717, 1.165) is 17.9 Å². The summed E-state index contributed by atoms with van der Waals surface area (Å²) in [5.74, 6) is 2.54. The first-order chi connectivity index (χ1) is 12.2. The van der Waals surface area contributed by atoms with Crippen molar-refractivity contribution in [3.05, 3.63) is 59.7 Å². The van der Waals surface area contributed by atoms with Gasteiger partial charge in [-0.1, -0.05) is 17.3 Å². The molecule has 6 heteroatoms. The Morgan fingerprint density at radius 3 is 2.68 bits per heavy atom. The van der Waals surface area contributed by atoms with Crippen molar-refractivity contribution in [3.63, 3.8) is 0 Å². The molecule has 0 saturated heterocycles. The van der Waals surface area contributed by atoms with E-state index in [4.69, 9.17) is 9.26 Å². The predicted octanol–water partition coefficient (Wildman–Crippen LogP) is 4.92. The molecule has 2 aromatic carbocycles. The van der Waals surface area contributed by atoms with Crippen molar-refractivity contribution >= 4 is 11.8 Å². The molecule has 0 unspecified atom stereocenters. The average Bonchev–Trinajstić information content (AvgIpc) is 3.10. The van der Waals surface area contributed by atoms with Gasteiger partial charge in [-0.25, -0.2) is 4.39 Å². The lowest BCUT2D eigenvalue weighted by atomic mass is 10.1. The Morgan fingerprint density at radius 1 is 1.16 bits per heavy atom. The predicted molar refractivity (Wildman–Crippen MR) is 96.5 cm³/mol. The highest BCUT2D eigenvalue weighted by Gasteiger charge is 2.10. The van der Waals surface area contributed by atoms with E-state index in [2.05, 4.69) is 10.1 Å². The van der Waals surface area contributed by atoms with Crippen LogP contribution in [0.1, 0.15) is 17.9 Å². The summed E-state index contributed by atoms with van der Waals surface area (Å²) in [5.41, 5.74) is 1.23. The Morgan fingerprint density at radius 2 is 1.96 bits per heavy atom. The van der Waals surface area contributed by atoms with Crippen LogP contribution in [0.4, 0.5) is 4.39 Å². The number of thioether (sulfide) groups is 1. The van der Waals surface area contributed by atoms with Gasteiger partial charge >= 0.3 is 0 Å². The number of benzene rings is 2. The normalized spacial score (nSPS) is 10.8. The smallest absolute Gasteiger partial charge is 0.226 e. The number of aromatic nitrogens is 2. The number of rotatable bonds is 7. The summed E-state index contributed by atoms with van der Waals surface area (Å²) in [5, 5.41) is 3.94. The van der Waals surface area contributed by atoms with Crippen molar-refractivity contribution in [2.45, 2.75) is 24.7 Å². The van der Waals surface area contributed by atoms with E-state index >= 15 is 0 Å². The fourth-order valence-electron chi connectivity index (χ4n) is 2.29. The zero-order valence-electron chi connectivity index (χ0n) is 14.2. The molecule has 0 spiro atoms. The number of hydrogen-bond acceptors (Lipinski definition) is 5. The molecule has 3 aromatic rings. The minimum Gasteiger partial charge on any atom is -0.497 e. The second-order valence-corrected chi connectivity index (χ2v) is 6.77. The fourth-order valence-corrected chi connectivity index (χ4v) is 3.14. The van der Waals surface area contributed by atoms with Gasteiger partial charge < -0.3 is 9.26 Å². The number of methoxy groups -OCH3 is 1. The van der Waals surface area contributed by atoms with Crippen LogP contribution in [-0.2, 0) is 6.42 Å². The zero-order chi connectivity index (χ0) is 17.6. The Labute approximate surface area is 150 Å². The van der Waals surface area contributed by atoms with E-state index in [9.17, 15) is 4.39 Å². The third kappa shape index (κ3) is 4.60. The molecule has 0 saturated carbocycles. The number of ether oxygens (including phenoxy) is 1. The highest BCUT2D eigenvalue weighted by atomic mass is 32.2. The fraction of sp³-hybridized carbons (Fsp3) is 0.263. The standard InChI is InChI=1S/C19H19FN2O2S/c1-13-5-6-14(12-17(13)20)19-21-18(24-22-19)4-3-11-25-16-9-7-15(23-2)8-10-16/h5-10,12H,3-4,11H2,1-2H3. The van der Waals surface area contributed by atoms with Gasteiger partial charge in [-0.3, -0.25) is 0 Å². The molecule has 0 aliphatic carbocycles. The molecule has 0 amide bonds. The molecule has 4 nitrogen and oxygen atoms in total. The Balaban J connectivity index is 1.50. The third-order valence-electron chi connectivity index (χ3n) is 3.76. The number of hydrogen-bond donors (Lipinski definition) is 0. The summed E-state index contributed by atoms with van der Waals surface area (Å²) in [4.78, 5) is 5.54. The molecule has 1 heterocycles. The van der Waals surface area contributed by atoms with E-state index in [1.165, 1.54) is 11.0 Å². The molecular formula is C19H19FN2O2S. The maximum absolute atomic E-state index is 13.6. The van der Waals surface area contributed by atoms with Crippen LogP contribution in [-0.4, -0.2) is 23.0 Å². The van der Waals surface area contributed by atoms with Crippen molar-refractivity contribution in [1.29, 1.82) is 0 Å². The van der Waals surface area contributed by atoms with Gasteiger partial charge in [0.1, 0.15) is 11.6 Å². The van der Waals surface area contributed by atoms with Crippen LogP contribution >= 0.6 is 11.8 Å². The van der Waals surface area contributed by atoms with E-state index < -0.39 is 0 Å². The molecule has 1 aromatic heterocycles. The van der Waals surface area contributed by atoms with Crippen LogP contribution < -0.4 is 4.74 Å². The van der Waals surface area contributed by atoms with Crippen LogP contribution in [0.15, 0.2) is 51.9 Å². The first-order valence-corrected chi connectivity index (χ1v) is 9.00. The van der Waals surface area contributed by atoms with Crippen molar-refractivity contribution in [3.8, 4) is 17.1 Å². The average molecular weight is 358 g/mol. The minimum absolute atomic E-state index is 0.264. The van der Waals surface area contributed by atoms with Crippen LogP contribution in [0.5, 0.6) is 5.75 Å². The Kier molecular flexibility index (Phi) is 5.71. The summed E-state index contributed by atoms with van der Waals surface area (Å²) in [6.07, 6.45) is 1.62. The summed E-state index contributed by atoms with van der Waals surface area (Å²) in [6.45, 7) is 1.72. The molecule has 0 radical (unpaired) electrons. The van der Waals surface area contributed by atoms with Crippen molar-refractivity contribution in [2.75, 3.05) is 12.9 Å². The molecular weight excluding hydrogens is 339 g/mol. The van der Waals surface area contributed by atoms with E-state index in [1.54, 1.807) is 37.9 Å². The quantitative estimate of drug-likeness (QED) is 0.443. The second-order valence-electron chi connectivity index (χ2n) is 5.60. The van der Waals surface area contributed by atoms with Gasteiger partial charge in [-0.2, -0.15) is 4.98 Å². The molecule has 0 aliphatic heterocycles. The number of halogens is 1. The summed E-state index contributed by atoms with van der Waals surface area (Å²) in [6, 6.07) is 12.9. The van der Waals surface area contributed by atoms with Crippen LogP contribution in [0.3, 0.4) is 0 Å². The largest absolute Gasteiger partial charge is 0.497 e. The number of aryl methyl sites for hydroxylation is 2. The molecule has 0 atom stereocenters. The third-order valence-corrected chi connectivity index (χ3v) is 4.86. The molecule has 0 bridgehead atoms. The summed E-state index contributed by atoms with van der Waals surface area (Å²) in [7, 11) is 1.66. The van der Waals surface area contributed by atoms with Crippen LogP contribution in [0.25, 0.3) is 11.4 Å². The topological polar surface area (TPSA) is 48.2 Å². The molecule has 130 valence electrons. The van der Waals surface area contributed by atoms with E-state index in [1.807, 2.05) is 24.3 Å². The van der Waals surface area contributed by atoms with Gasteiger partial charge in [0.2, 0.25) is 11.7 Å². The Hall–Kier alpha value is -2.34. The molecule has 0 N–H and O–H groups in total. The SMILES string of the molecule is COc1ccc(SCCCc2nc(-c3ccc(C)c(F)c3)no2)cc1. The van der Waals surface area contributed by atoms with Gasteiger partial charge in [0, 0.05) is 16.9 Å². The highest BCUT2D eigenvalue weighted by Crippen LogP contribution is 2.23. The monoisotopic (exact) mass is 358 g/mol. The lowest BCUT2D eigenvalue weighted by molar-refractivity contribution is 0.378. The summed E-state index contributed by atoms with van der Waals surface area (Å²) >= 11 is 1.77. The van der Waals surface area contributed by atoms with Gasteiger partial charge in [0.25, 0.3) is 0 Å².